The Balaban J connectivity index is 1.49. The van der Waals surface area contributed by atoms with Gasteiger partial charge in [0, 0.05) is 24.5 Å². The van der Waals surface area contributed by atoms with Crippen LogP contribution in [-0.2, 0) is 17.7 Å². The topological polar surface area (TPSA) is 83.6 Å². The molecule has 0 bridgehead atoms. The number of thiazole rings is 1. The molecule has 0 saturated carbocycles. The molecule has 1 aliphatic heterocycles. The van der Waals surface area contributed by atoms with Crippen LogP contribution in [0.15, 0.2) is 48.5 Å². The zero-order chi connectivity index (χ0) is 21.1. The predicted molar refractivity (Wildman–Crippen MR) is 119 cm³/mol. The van der Waals surface area contributed by atoms with Gasteiger partial charge in [-0.2, -0.15) is 0 Å². The molecule has 2 amide bonds. The number of amides is 2. The number of fused-ring (bicyclic) bond motifs is 1. The highest BCUT2D eigenvalue weighted by Crippen LogP contribution is 2.34. The van der Waals surface area contributed by atoms with E-state index < -0.39 is 5.97 Å². The van der Waals surface area contributed by atoms with Gasteiger partial charge in [0.2, 0.25) is 0 Å². The second kappa shape index (κ2) is 8.73. The van der Waals surface area contributed by atoms with E-state index >= 15 is 0 Å². The molecule has 1 aliphatic rings. The van der Waals surface area contributed by atoms with E-state index in [1.165, 1.54) is 18.4 Å². The van der Waals surface area contributed by atoms with Crippen molar-refractivity contribution in [3.8, 4) is 0 Å². The zero-order valence-corrected chi connectivity index (χ0v) is 17.7. The molecular formula is C21H19ClN4O3S. The fourth-order valence-corrected chi connectivity index (χ4v) is 4.56. The molecule has 0 radical (unpaired) electrons. The lowest BCUT2D eigenvalue weighted by atomic mass is 9.98. The maximum atomic E-state index is 12.4. The molecule has 154 valence electrons. The Morgan fingerprint density at radius 1 is 1.13 bits per heavy atom. The third-order valence-corrected chi connectivity index (χ3v) is 6.24. The number of methoxy groups -OCH3 is 1. The van der Waals surface area contributed by atoms with Crippen LogP contribution in [0.5, 0.6) is 0 Å². The molecule has 7 nitrogen and oxygen atoms in total. The molecule has 3 aromatic rings. The van der Waals surface area contributed by atoms with Gasteiger partial charge in [-0.15, -0.1) is 0 Å². The molecule has 4 rings (SSSR count). The normalized spacial score (nSPS) is 12.8. The summed E-state index contributed by atoms with van der Waals surface area (Å²) in [6.07, 6.45) is 0.724. The lowest BCUT2D eigenvalue weighted by Gasteiger charge is -2.29. The van der Waals surface area contributed by atoms with Crippen molar-refractivity contribution in [1.29, 1.82) is 0 Å². The van der Waals surface area contributed by atoms with Crippen LogP contribution in [0.25, 0.3) is 0 Å². The van der Waals surface area contributed by atoms with Gasteiger partial charge in [-0.25, -0.2) is 14.6 Å². The van der Waals surface area contributed by atoms with Crippen molar-refractivity contribution in [3.63, 3.8) is 0 Å². The number of nitrogens with one attached hydrogen (secondary N) is 2. The molecule has 2 N–H and O–H groups in total. The van der Waals surface area contributed by atoms with Gasteiger partial charge in [0.1, 0.15) is 0 Å². The quantitative estimate of drug-likeness (QED) is 0.567. The number of anilines is 3. The highest BCUT2D eigenvalue weighted by Gasteiger charge is 2.25. The molecule has 0 atom stereocenters. The molecule has 2 aromatic carbocycles. The van der Waals surface area contributed by atoms with Crippen molar-refractivity contribution in [2.75, 3.05) is 29.2 Å². The Labute approximate surface area is 182 Å². The highest BCUT2D eigenvalue weighted by molar-refractivity contribution is 7.18. The number of para-hydroxylation sites is 1. The van der Waals surface area contributed by atoms with Crippen molar-refractivity contribution in [3.05, 3.63) is 69.7 Å². The first kappa shape index (κ1) is 20.2. The van der Waals surface area contributed by atoms with E-state index in [-0.39, 0.29) is 11.2 Å². The third-order valence-electron chi connectivity index (χ3n) is 4.76. The summed E-state index contributed by atoms with van der Waals surface area (Å²) in [5.74, 6) is -0.489. The number of ether oxygens (including phenoxy) is 1. The summed E-state index contributed by atoms with van der Waals surface area (Å²) in [5, 5.41) is 6.60. The number of carbonyl (C=O) groups excluding carboxylic acids is 2. The second-order valence-electron chi connectivity index (χ2n) is 6.67. The maximum Gasteiger partial charge on any atom is 0.351 e. The van der Waals surface area contributed by atoms with Gasteiger partial charge in [-0.05, 0) is 35.7 Å². The van der Waals surface area contributed by atoms with Gasteiger partial charge in [0.05, 0.1) is 7.11 Å². The summed E-state index contributed by atoms with van der Waals surface area (Å²) in [5.41, 5.74) is 3.69. The molecule has 0 aliphatic carbocycles. The summed E-state index contributed by atoms with van der Waals surface area (Å²) >= 11 is 7.32. The summed E-state index contributed by atoms with van der Waals surface area (Å²) in [7, 11) is 1.32. The highest BCUT2D eigenvalue weighted by atomic mass is 35.5. The molecule has 0 fully saturated rings. The minimum atomic E-state index is -0.489. The second-order valence-corrected chi connectivity index (χ2v) is 8.00. The minimum Gasteiger partial charge on any atom is -0.465 e. The van der Waals surface area contributed by atoms with Crippen LogP contribution in [-0.4, -0.2) is 30.6 Å². The SMILES string of the molecule is COC(=O)c1sc(N2CCc3c(cccc3NC(=O)Nc3ccccc3)C2)nc1Cl. The Morgan fingerprint density at radius 2 is 1.93 bits per heavy atom. The number of nitrogens with zero attached hydrogens (tertiary/aromatic N) is 2. The van der Waals surface area contributed by atoms with E-state index in [1.54, 1.807) is 0 Å². The Bertz CT molecular complexity index is 1090. The van der Waals surface area contributed by atoms with Gasteiger partial charge in [0.25, 0.3) is 0 Å². The summed E-state index contributed by atoms with van der Waals surface area (Å²) in [6.45, 7) is 1.30. The molecular weight excluding hydrogens is 424 g/mol. The molecule has 0 spiro atoms. The van der Waals surface area contributed by atoms with E-state index in [4.69, 9.17) is 16.3 Å². The van der Waals surface area contributed by atoms with Crippen molar-refractivity contribution < 1.29 is 14.3 Å². The number of rotatable bonds is 4. The van der Waals surface area contributed by atoms with Gasteiger partial charge < -0.3 is 20.3 Å². The summed E-state index contributed by atoms with van der Waals surface area (Å²) < 4.78 is 4.75. The predicted octanol–water partition coefficient (Wildman–Crippen LogP) is 4.79. The maximum absolute atomic E-state index is 12.4. The number of urea groups is 1. The average Bonchev–Trinajstić information content (AvgIpc) is 3.15. The van der Waals surface area contributed by atoms with E-state index in [2.05, 4.69) is 20.5 Å². The molecule has 2 heterocycles. The van der Waals surface area contributed by atoms with Crippen LogP contribution in [0.4, 0.5) is 21.3 Å². The molecule has 0 saturated heterocycles. The van der Waals surface area contributed by atoms with Gasteiger partial charge in [-0.1, -0.05) is 53.3 Å². The van der Waals surface area contributed by atoms with E-state index in [0.717, 1.165) is 28.9 Å². The van der Waals surface area contributed by atoms with Crippen molar-refractivity contribution in [1.82, 2.24) is 4.98 Å². The monoisotopic (exact) mass is 442 g/mol. The largest absolute Gasteiger partial charge is 0.465 e. The van der Waals surface area contributed by atoms with E-state index in [1.807, 2.05) is 48.5 Å². The van der Waals surface area contributed by atoms with Crippen LogP contribution in [0, 0.1) is 0 Å². The van der Waals surface area contributed by atoms with Crippen LogP contribution in [0.3, 0.4) is 0 Å². The average molecular weight is 443 g/mol. The lowest BCUT2D eigenvalue weighted by Crippen LogP contribution is -2.31. The first-order valence-corrected chi connectivity index (χ1v) is 10.5. The van der Waals surface area contributed by atoms with Crippen molar-refractivity contribution >= 4 is 51.4 Å². The Kier molecular flexibility index (Phi) is 5.87. The number of esters is 1. The first-order chi connectivity index (χ1) is 14.5. The van der Waals surface area contributed by atoms with Gasteiger partial charge in [-0.3, -0.25) is 0 Å². The summed E-state index contributed by atoms with van der Waals surface area (Å²) in [4.78, 5) is 30.9. The number of aromatic nitrogens is 1. The first-order valence-electron chi connectivity index (χ1n) is 9.28. The number of hydrogen-bond donors (Lipinski definition) is 2. The zero-order valence-electron chi connectivity index (χ0n) is 16.1. The minimum absolute atomic E-state index is 0.153. The van der Waals surface area contributed by atoms with Crippen LogP contribution >= 0.6 is 22.9 Å². The fraction of sp³-hybridized carbons (Fsp3) is 0.190. The lowest BCUT2D eigenvalue weighted by molar-refractivity contribution is 0.0606. The van der Waals surface area contributed by atoms with E-state index in [9.17, 15) is 9.59 Å². The standard InChI is InChI=1S/C21H19ClN4O3S/c1-29-19(27)17-18(22)25-21(30-17)26-11-10-15-13(12-26)6-5-9-16(15)24-20(28)23-14-7-3-2-4-8-14/h2-9H,10-12H2,1H3,(H2,23,24,28). The number of hydrogen-bond acceptors (Lipinski definition) is 6. The smallest absolute Gasteiger partial charge is 0.351 e. The summed E-state index contributed by atoms with van der Waals surface area (Å²) in [6, 6.07) is 14.8. The molecule has 1 aromatic heterocycles. The van der Waals surface area contributed by atoms with Crippen LogP contribution < -0.4 is 15.5 Å². The third kappa shape index (κ3) is 4.24. The van der Waals surface area contributed by atoms with Gasteiger partial charge >= 0.3 is 12.0 Å². The number of benzene rings is 2. The van der Waals surface area contributed by atoms with Crippen molar-refractivity contribution in [2.45, 2.75) is 13.0 Å². The number of carbonyl (C=O) groups is 2. The molecule has 9 heteroatoms. The fourth-order valence-electron chi connectivity index (χ4n) is 3.34. The Morgan fingerprint density at radius 3 is 2.70 bits per heavy atom. The van der Waals surface area contributed by atoms with Gasteiger partial charge in [0.15, 0.2) is 15.2 Å². The van der Waals surface area contributed by atoms with Crippen molar-refractivity contribution in [2.24, 2.45) is 0 Å². The Hall–Kier alpha value is -3.10. The number of halogens is 1. The van der Waals surface area contributed by atoms with Crippen LogP contribution in [0.1, 0.15) is 20.8 Å². The molecule has 0 unspecified atom stereocenters. The molecule has 30 heavy (non-hydrogen) atoms. The van der Waals surface area contributed by atoms with E-state index in [0.29, 0.717) is 23.1 Å². The van der Waals surface area contributed by atoms with Crippen LogP contribution in [0.2, 0.25) is 5.15 Å².